The van der Waals surface area contributed by atoms with Crippen molar-refractivity contribution in [1.82, 2.24) is 15.2 Å². The van der Waals surface area contributed by atoms with Crippen LogP contribution in [0.25, 0.3) is 11.5 Å². The zero-order chi connectivity index (χ0) is 21.3. The van der Waals surface area contributed by atoms with Crippen molar-refractivity contribution in [3.8, 4) is 11.5 Å². The number of oxazole rings is 1. The Kier molecular flexibility index (Phi) is 9.55. The highest BCUT2D eigenvalue weighted by Crippen LogP contribution is 2.20. The quantitative estimate of drug-likeness (QED) is 0.246. The first-order valence-electron chi connectivity index (χ1n) is 11.0. The number of halogens is 1. The largest absolute Gasteiger partial charge is 0.444 e. The highest BCUT2D eigenvalue weighted by molar-refractivity contribution is 14.0. The third kappa shape index (κ3) is 6.80. The van der Waals surface area contributed by atoms with Gasteiger partial charge in [0.15, 0.2) is 5.96 Å². The summed E-state index contributed by atoms with van der Waals surface area (Å²) in [6.07, 6.45) is 2.81. The van der Waals surface area contributed by atoms with Crippen LogP contribution in [0.4, 0.5) is 0 Å². The third-order valence-electron chi connectivity index (χ3n) is 5.35. The number of hydrogen-bond donors (Lipinski definition) is 1. The molecule has 1 aliphatic heterocycles. The Bertz CT molecular complexity index is 962. The van der Waals surface area contributed by atoms with E-state index in [0.717, 1.165) is 49.9 Å². The molecule has 0 saturated carbocycles. The summed E-state index contributed by atoms with van der Waals surface area (Å²) in [6, 6.07) is 20.3. The van der Waals surface area contributed by atoms with Crippen molar-refractivity contribution in [2.45, 2.75) is 26.5 Å². The molecule has 32 heavy (non-hydrogen) atoms. The monoisotopic (exact) mass is 546 g/mol. The van der Waals surface area contributed by atoms with Crippen LogP contribution in [0, 0.1) is 5.92 Å². The Morgan fingerprint density at radius 3 is 2.66 bits per heavy atom. The van der Waals surface area contributed by atoms with Gasteiger partial charge in [-0.15, -0.1) is 24.0 Å². The van der Waals surface area contributed by atoms with Gasteiger partial charge in [-0.2, -0.15) is 0 Å². The predicted octanol–water partition coefficient (Wildman–Crippen LogP) is 4.96. The molecule has 1 fully saturated rings. The van der Waals surface area contributed by atoms with Crippen LogP contribution in [-0.4, -0.2) is 42.1 Å². The average molecular weight is 546 g/mol. The molecule has 3 aromatic rings. The second-order valence-corrected chi connectivity index (χ2v) is 7.78. The van der Waals surface area contributed by atoms with Crippen LogP contribution in [0.15, 0.2) is 76.3 Å². The first-order chi connectivity index (χ1) is 15.3. The molecule has 1 aliphatic rings. The van der Waals surface area contributed by atoms with Gasteiger partial charge in [-0.3, -0.25) is 0 Å². The molecule has 1 atom stereocenters. The standard InChI is InChI=1S/C25H30N4O2.HI/c1-2-26-25(27-15-23-19-31-24(28-23)22-11-7-4-8-12-22)29-14-13-21(16-29)18-30-17-20-9-5-3-6-10-20;/h3-12,19,21H,2,13-18H2,1H3,(H,26,27);1H. The number of nitrogens with zero attached hydrogens (tertiary/aromatic N) is 3. The SMILES string of the molecule is CCNC(=NCc1coc(-c2ccccc2)n1)N1CCC(COCc2ccccc2)C1.I. The van der Waals surface area contributed by atoms with Crippen LogP contribution in [0.5, 0.6) is 0 Å². The number of aromatic nitrogens is 1. The van der Waals surface area contributed by atoms with E-state index in [-0.39, 0.29) is 24.0 Å². The van der Waals surface area contributed by atoms with E-state index in [9.17, 15) is 0 Å². The molecule has 2 aromatic carbocycles. The van der Waals surface area contributed by atoms with Crippen LogP contribution in [0.1, 0.15) is 24.6 Å². The number of aliphatic imine (C=N–C) groups is 1. The molecule has 0 radical (unpaired) electrons. The Morgan fingerprint density at radius 2 is 1.91 bits per heavy atom. The van der Waals surface area contributed by atoms with Gasteiger partial charge >= 0.3 is 0 Å². The van der Waals surface area contributed by atoms with Gasteiger partial charge in [0, 0.05) is 31.1 Å². The number of rotatable bonds is 8. The first kappa shape index (κ1) is 24.3. The fraction of sp³-hybridized carbons (Fsp3) is 0.360. The summed E-state index contributed by atoms with van der Waals surface area (Å²) >= 11 is 0. The summed E-state index contributed by atoms with van der Waals surface area (Å²) in [5.74, 6) is 2.08. The fourth-order valence-electron chi connectivity index (χ4n) is 3.75. The van der Waals surface area contributed by atoms with Crippen molar-refractivity contribution >= 4 is 29.9 Å². The van der Waals surface area contributed by atoms with Crippen LogP contribution < -0.4 is 5.32 Å². The Labute approximate surface area is 207 Å². The molecular formula is C25H31IN4O2. The fourth-order valence-corrected chi connectivity index (χ4v) is 3.75. The van der Waals surface area contributed by atoms with E-state index in [1.807, 2.05) is 48.5 Å². The van der Waals surface area contributed by atoms with Gasteiger partial charge in [0.1, 0.15) is 12.0 Å². The molecule has 170 valence electrons. The van der Waals surface area contributed by atoms with Crippen molar-refractivity contribution in [1.29, 1.82) is 0 Å². The van der Waals surface area contributed by atoms with Crippen molar-refractivity contribution in [2.24, 2.45) is 10.9 Å². The lowest BCUT2D eigenvalue weighted by Crippen LogP contribution is -2.40. The summed E-state index contributed by atoms with van der Waals surface area (Å²) in [5.41, 5.74) is 3.02. The smallest absolute Gasteiger partial charge is 0.226 e. The maximum Gasteiger partial charge on any atom is 0.226 e. The normalized spacial score (nSPS) is 16.1. The average Bonchev–Trinajstić information content (AvgIpc) is 3.48. The maximum atomic E-state index is 5.96. The Balaban J connectivity index is 0.00000289. The van der Waals surface area contributed by atoms with Gasteiger partial charge in [-0.05, 0) is 31.0 Å². The number of guanidine groups is 1. The Morgan fingerprint density at radius 1 is 1.16 bits per heavy atom. The Hall–Kier alpha value is -2.39. The van der Waals surface area contributed by atoms with E-state index in [2.05, 4.69) is 34.3 Å². The van der Waals surface area contributed by atoms with Crippen molar-refractivity contribution < 1.29 is 9.15 Å². The third-order valence-corrected chi connectivity index (χ3v) is 5.35. The molecule has 0 bridgehead atoms. The minimum absolute atomic E-state index is 0. The number of ether oxygens (including phenoxy) is 1. The lowest BCUT2D eigenvalue weighted by Gasteiger charge is -2.21. The lowest BCUT2D eigenvalue weighted by atomic mass is 10.1. The van der Waals surface area contributed by atoms with E-state index < -0.39 is 0 Å². The van der Waals surface area contributed by atoms with Crippen LogP contribution >= 0.6 is 24.0 Å². The van der Waals surface area contributed by atoms with Crippen molar-refractivity contribution in [2.75, 3.05) is 26.2 Å². The summed E-state index contributed by atoms with van der Waals surface area (Å²) in [5, 5.41) is 3.41. The molecule has 6 nitrogen and oxygen atoms in total. The van der Waals surface area contributed by atoms with Crippen molar-refractivity contribution in [3.63, 3.8) is 0 Å². The van der Waals surface area contributed by atoms with E-state index in [0.29, 0.717) is 25.0 Å². The molecule has 1 aromatic heterocycles. The number of nitrogens with one attached hydrogen (secondary N) is 1. The number of likely N-dealkylation sites (tertiary alicyclic amines) is 1. The van der Waals surface area contributed by atoms with Crippen LogP contribution in [0.3, 0.4) is 0 Å². The highest BCUT2D eigenvalue weighted by Gasteiger charge is 2.25. The molecule has 1 unspecified atom stereocenters. The molecule has 1 saturated heterocycles. The minimum atomic E-state index is 0. The summed E-state index contributed by atoms with van der Waals surface area (Å²) in [4.78, 5) is 11.7. The molecule has 4 rings (SSSR count). The summed E-state index contributed by atoms with van der Waals surface area (Å²) in [6.45, 7) is 6.79. The zero-order valence-electron chi connectivity index (χ0n) is 18.4. The highest BCUT2D eigenvalue weighted by atomic mass is 127. The zero-order valence-corrected chi connectivity index (χ0v) is 20.8. The topological polar surface area (TPSA) is 62.9 Å². The predicted molar refractivity (Wildman–Crippen MR) is 138 cm³/mol. The van der Waals surface area contributed by atoms with Gasteiger partial charge in [-0.25, -0.2) is 9.98 Å². The molecular weight excluding hydrogens is 515 g/mol. The van der Waals surface area contributed by atoms with Crippen molar-refractivity contribution in [3.05, 3.63) is 78.2 Å². The lowest BCUT2D eigenvalue weighted by molar-refractivity contribution is 0.0906. The number of hydrogen-bond acceptors (Lipinski definition) is 4. The molecule has 1 N–H and O–H groups in total. The van der Waals surface area contributed by atoms with E-state index in [4.69, 9.17) is 14.1 Å². The van der Waals surface area contributed by atoms with E-state index >= 15 is 0 Å². The van der Waals surface area contributed by atoms with E-state index in [1.165, 1.54) is 5.56 Å². The van der Waals surface area contributed by atoms with Gasteiger partial charge < -0.3 is 19.4 Å². The summed E-state index contributed by atoms with van der Waals surface area (Å²) in [7, 11) is 0. The summed E-state index contributed by atoms with van der Waals surface area (Å²) < 4.78 is 11.6. The number of benzene rings is 2. The molecule has 2 heterocycles. The van der Waals surface area contributed by atoms with Gasteiger partial charge in [0.25, 0.3) is 0 Å². The first-order valence-corrected chi connectivity index (χ1v) is 11.0. The van der Waals surface area contributed by atoms with E-state index in [1.54, 1.807) is 6.26 Å². The molecule has 0 amide bonds. The van der Waals surface area contributed by atoms with Gasteiger partial charge in [0.05, 0.1) is 19.8 Å². The maximum absolute atomic E-state index is 5.96. The van der Waals surface area contributed by atoms with Gasteiger partial charge in [-0.1, -0.05) is 48.5 Å². The minimum Gasteiger partial charge on any atom is -0.444 e. The second kappa shape index (κ2) is 12.6. The molecule has 0 spiro atoms. The molecule has 7 heteroatoms. The molecule has 0 aliphatic carbocycles. The van der Waals surface area contributed by atoms with Crippen LogP contribution in [-0.2, 0) is 17.9 Å². The second-order valence-electron chi connectivity index (χ2n) is 7.78. The van der Waals surface area contributed by atoms with Crippen LogP contribution in [0.2, 0.25) is 0 Å². The van der Waals surface area contributed by atoms with Gasteiger partial charge in [0.2, 0.25) is 5.89 Å².